The summed E-state index contributed by atoms with van der Waals surface area (Å²) in [5.74, 6) is -0.233. The van der Waals surface area contributed by atoms with Crippen LogP contribution in [-0.2, 0) is 23.7 Å². The van der Waals surface area contributed by atoms with Gasteiger partial charge in [-0.05, 0) is 19.3 Å². The Hall–Kier alpha value is -1.27. The number of aliphatic hydroxyl groups is 8. The average Bonchev–Trinajstić information content (AvgIpc) is 3.46. The van der Waals surface area contributed by atoms with Gasteiger partial charge < -0.3 is 65.1 Å². The Morgan fingerprint density at radius 1 is 0.449 bits per heavy atom. The van der Waals surface area contributed by atoms with E-state index in [4.69, 9.17) is 18.9 Å². The molecule has 2 saturated heterocycles. The molecule has 0 bridgehead atoms. The lowest BCUT2D eigenvalue weighted by atomic mass is 9.97. The van der Waals surface area contributed by atoms with E-state index in [9.17, 15) is 45.6 Å². The molecule has 0 aromatic rings. The van der Waals surface area contributed by atoms with Crippen molar-refractivity contribution in [1.82, 2.24) is 5.32 Å². The first-order valence-corrected chi connectivity index (χ1v) is 32.9. The summed E-state index contributed by atoms with van der Waals surface area (Å²) >= 11 is 0. The summed E-state index contributed by atoms with van der Waals surface area (Å²) in [6, 6.07) is -0.909. The van der Waals surface area contributed by atoms with Crippen LogP contribution in [0, 0.1) is 0 Å². The van der Waals surface area contributed by atoms with Crippen LogP contribution < -0.4 is 5.32 Å². The molecule has 14 nitrogen and oxygen atoms in total. The first-order valence-electron chi connectivity index (χ1n) is 32.9. The molecular weight excluding hydrogens is 991 g/mol. The number of hydrogen-bond donors (Lipinski definition) is 9. The molecule has 14 heteroatoms. The van der Waals surface area contributed by atoms with Crippen LogP contribution in [0.4, 0.5) is 0 Å². The molecule has 2 rings (SSSR count). The number of hydrogen-bond acceptors (Lipinski definition) is 13. The highest BCUT2D eigenvalue weighted by Gasteiger charge is 2.51. The molecule has 0 aromatic carbocycles. The number of carbonyl (C=O) groups excluding carboxylic acids is 1. The second-order valence-electron chi connectivity index (χ2n) is 23.6. The zero-order chi connectivity index (χ0) is 56.7. The highest BCUT2D eigenvalue weighted by atomic mass is 16.7. The number of allylic oxidation sites excluding steroid dienone is 1. The third-order valence-corrected chi connectivity index (χ3v) is 16.5. The Labute approximate surface area is 476 Å². The molecular formula is C64H123NO13. The maximum Gasteiger partial charge on any atom is 0.220 e. The topological polar surface area (TPSA) is 228 Å². The van der Waals surface area contributed by atoms with Crippen LogP contribution >= 0.6 is 0 Å². The summed E-state index contributed by atoms with van der Waals surface area (Å²) < 4.78 is 22.8. The van der Waals surface area contributed by atoms with Crippen molar-refractivity contribution in [3.8, 4) is 0 Å². The summed E-state index contributed by atoms with van der Waals surface area (Å²) in [6.07, 6.45) is 42.8. The van der Waals surface area contributed by atoms with Crippen LogP contribution in [0.1, 0.15) is 296 Å². The fourth-order valence-electron chi connectivity index (χ4n) is 11.2. The molecule has 0 aliphatic carbocycles. The number of ether oxygens (including phenoxy) is 4. The predicted octanol–water partition coefficient (Wildman–Crippen LogP) is 12.2. The lowest BCUT2D eigenvalue weighted by Crippen LogP contribution is -2.65. The molecule has 0 radical (unpaired) electrons. The lowest BCUT2D eigenvalue weighted by Gasteiger charge is -2.46. The number of amides is 1. The molecule has 12 unspecified atom stereocenters. The van der Waals surface area contributed by atoms with E-state index >= 15 is 0 Å². The van der Waals surface area contributed by atoms with Crippen molar-refractivity contribution in [2.75, 3.05) is 19.8 Å². The summed E-state index contributed by atoms with van der Waals surface area (Å²) in [7, 11) is 0. The van der Waals surface area contributed by atoms with Gasteiger partial charge in [0.25, 0.3) is 0 Å². The van der Waals surface area contributed by atoms with Crippen molar-refractivity contribution in [3.63, 3.8) is 0 Å². The number of rotatable bonds is 54. The third kappa shape index (κ3) is 35.0. The fraction of sp³-hybridized carbons (Fsp3) is 0.953. The highest BCUT2D eigenvalue weighted by molar-refractivity contribution is 5.76. The van der Waals surface area contributed by atoms with Crippen LogP contribution in [0.25, 0.3) is 0 Å². The SMILES string of the molecule is CCCCCCCCCCCCC/C=C/C(O)C(COC1OC(CO)C(OC2OC(CO)C(O)C(O)C2O)C(O)C1O)NC(=O)CCCCCCCCCCCCCCCCCCCCCCCCCCCCCCCCC. The Balaban J connectivity index is 1.62. The van der Waals surface area contributed by atoms with Crippen LogP contribution in [0.2, 0.25) is 0 Å². The van der Waals surface area contributed by atoms with Gasteiger partial charge in [-0.3, -0.25) is 4.79 Å². The molecule has 1 amide bonds. The second-order valence-corrected chi connectivity index (χ2v) is 23.6. The largest absolute Gasteiger partial charge is 0.394 e. The summed E-state index contributed by atoms with van der Waals surface area (Å²) in [6.45, 7) is 2.83. The van der Waals surface area contributed by atoms with Crippen molar-refractivity contribution in [1.29, 1.82) is 0 Å². The maximum atomic E-state index is 13.3. The summed E-state index contributed by atoms with van der Waals surface area (Å²) in [5.41, 5.74) is 0. The zero-order valence-corrected chi connectivity index (χ0v) is 49.9. The van der Waals surface area contributed by atoms with Crippen molar-refractivity contribution in [3.05, 3.63) is 12.2 Å². The first-order chi connectivity index (χ1) is 38.1. The Kier molecular flexibility index (Phi) is 46.9. The van der Waals surface area contributed by atoms with Crippen molar-refractivity contribution >= 4 is 5.91 Å². The number of nitrogens with one attached hydrogen (secondary N) is 1. The van der Waals surface area contributed by atoms with Gasteiger partial charge in [-0.15, -0.1) is 0 Å². The second kappa shape index (κ2) is 50.3. The van der Waals surface area contributed by atoms with E-state index in [2.05, 4.69) is 19.2 Å². The van der Waals surface area contributed by atoms with Gasteiger partial charge in [-0.25, -0.2) is 0 Å². The van der Waals surface area contributed by atoms with Crippen LogP contribution in [-0.4, -0.2) is 140 Å². The van der Waals surface area contributed by atoms with Crippen molar-refractivity contribution < 1.29 is 64.6 Å². The van der Waals surface area contributed by atoms with E-state index in [0.717, 1.165) is 38.5 Å². The van der Waals surface area contributed by atoms with E-state index in [1.807, 2.05) is 6.08 Å². The van der Waals surface area contributed by atoms with Gasteiger partial charge in [-0.1, -0.05) is 283 Å². The quantitative estimate of drug-likeness (QED) is 0.0204. The van der Waals surface area contributed by atoms with Crippen molar-refractivity contribution in [2.24, 2.45) is 0 Å². The molecule has 0 spiro atoms. The Bertz CT molecular complexity index is 1360. The minimum Gasteiger partial charge on any atom is -0.394 e. The summed E-state index contributed by atoms with van der Waals surface area (Å²) in [5, 5.41) is 87.1. The van der Waals surface area contributed by atoms with Gasteiger partial charge >= 0.3 is 0 Å². The standard InChI is InChI=1S/C64H123NO13/c1-3-5-7-9-11-13-15-17-18-19-20-21-22-23-24-25-26-27-28-29-30-31-32-33-34-36-38-40-42-44-46-48-56(69)65-52(53(68)47-45-43-41-39-37-35-16-14-12-10-8-6-4-2)51-75-63-61(74)59(72)62(55(50-67)77-63)78-64-60(73)58(71)57(70)54(49-66)76-64/h45,47,52-55,57-64,66-68,70-74H,3-44,46,48-51H2,1-2H3,(H,65,69)/b47-45+. The van der Waals surface area contributed by atoms with Gasteiger partial charge in [0.2, 0.25) is 5.91 Å². The number of carbonyl (C=O) groups is 1. The first kappa shape index (κ1) is 72.8. The lowest BCUT2D eigenvalue weighted by molar-refractivity contribution is -0.359. The van der Waals surface area contributed by atoms with E-state index in [-0.39, 0.29) is 18.9 Å². The Morgan fingerprint density at radius 3 is 1.18 bits per heavy atom. The van der Waals surface area contributed by atoms with Gasteiger partial charge in [-0.2, -0.15) is 0 Å². The molecule has 2 heterocycles. The molecule has 2 fully saturated rings. The molecule has 462 valence electrons. The molecule has 9 N–H and O–H groups in total. The van der Waals surface area contributed by atoms with Crippen LogP contribution in [0.3, 0.4) is 0 Å². The highest BCUT2D eigenvalue weighted by Crippen LogP contribution is 2.30. The van der Waals surface area contributed by atoms with Crippen LogP contribution in [0.15, 0.2) is 12.2 Å². The number of aliphatic hydroxyl groups excluding tert-OH is 8. The Morgan fingerprint density at radius 2 is 0.795 bits per heavy atom. The molecule has 2 aliphatic rings. The predicted molar refractivity (Wildman–Crippen MR) is 314 cm³/mol. The van der Waals surface area contributed by atoms with Gasteiger partial charge in [0, 0.05) is 6.42 Å². The normalized spacial score (nSPS) is 24.5. The summed E-state index contributed by atoms with van der Waals surface area (Å²) in [4.78, 5) is 13.3. The third-order valence-electron chi connectivity index (χ3n) is 16.5. The van der Waals surface area contributed by atoms with E-state index in [0.29, 0.717) is 6.42 Å². The molecule has 12 atom stereocenters. The molecule has 0 aromatic heterocycles. The van der Waals surface area contributed by atoms with Gasteiger partial charge in [0.15, 0.2) is 12.6 Å². The minimum atomic E-state index is -1.79. The molecule has 0 saturated carbocycles. The minimum absolute atomic E-state index is 0.233. The van der Waals surface area contributed by atoms with Gasteiger partial charge in [0.1, 0.15) is 48.8 Å². The zero-order valence-electron chi connectivity index (χ0n) is 49.9. The maximum absolute atomic E-state index is 13.3. The monoisotopic (exact) mass is 1110 g/mol. The molecule has 78 heavy (non-hydrogen) atoms. The average molecular weight is 1110 g/mol. The smallest absolute Gasteiger partial charge is 0.220 e. The fourth-order valence-corrected chi connectivity index (χ4v) is 11.2. The number of unbranched alkanes of at least 4 members (excludes halogenated alkanes) is 41. The van der Waals surface area contributed by atoms with E-state index in [1.165, 1.54) is 231 Å². The van der Waals surface area contributed by atoms with E-state index in [1.54, 1.807) is 6.08 Å². The van der Waals surface area contributed by atoms with Crippen molar-refractivity contribution in [2.45, 2.75) is 370 Å². The molecule has 2 aliphatic heterocycles. The van der Waals surface area contributed by atoms with Gasteiger partial charge in [0.05, 0.1) is 32.0 Å². The van der Waals surface area contributed by atoms with E-state index < -0.39 is 86.8 Å². The van der Waals surface area contributed by atoms with Crippen LogP contribution in [0.5, 0.6) is 0 Å².